The van der Waals surface area contributed by atoms with E-state index in [4.69, 9.17) is 0 Å². The molecule has 2 N–H and O–H groups in total. The first-order chi connectivity index (χ1) is 13.7. The van der Waals surface area contributed by atoms with Crippen molar-refractivity contribution >= 4 is 17.5 Å². The maximum atomic E-state index is 13.0. The standard InChI is InChI=1S/C22H30N4O2/c1-3-5-9-14-23-22(28)20-25-19(18-13-8-10-15-26(18)20)21(27)24-17-12-7-6-11-16(17)4-2/h6-7,11-12H,3-5,8-10,13-15H2,1-2H3,(H,23,28)(H,24,27). The molecule has 1 aromatic carbocycles. The molecule has 6 nitrogen and oxygen atoms in total. The van der Waals surface area contributed by atoms with E-state index in [0.717, 1.165) is 68.4 Å². The second kappa shape index (κ2) is 9.53. The number of fused-ring (bicyclic) bond motifs is 1. The molecular weight excluding hydrogens is 352 g/mol. The van der Waals surface area contributed by atoms with Crippen molar-refractivity contribution in [2.75, 3.05) is 11.9 Å². The molecule has 0 bridgehead atoms. The highest BCUT2D eigenvalue weighted by atomic mass is 16.2. The van der Waals surface area contributed by atoms with Crippen molar-refractivity contribution in [2.45, 2.75) is 65.3 Å². The number of amides is 2. The Morgan fingerprint density at radius 3 is 2.71 bits per heavy atom. The number of hydrogen-bond acceptors (Lipinski definition) is 3. The van der Waals surface area contributed by atoms with Crippen LogP contribution in [0.1, 0.15) is 78.3 Å². The summed E-state index contributed by atoms with van der Waals surface area (Å²) >= 11 is 0. The van der Waals surface area contributed by atoms with Crippen molar-refractivity contribution < 1.29 is 9.59 Å². The molecule has 2 amide bonds. The summed E-state index contributed by atoms with van der Waals surface area (Å²) in [5.41, 5.74) is 3.14. The van der Waals surface area contributed by atoms with Gasteiger partial charge in [0, 0.05) is 18.8 Å². The van der Waals surface area contributed by atoms with E-state index in [-0.39, 0.29) is 11.8 Å². The minimum absolute atomic E-state index is 0.188. The van der Waals surface area contributed by atoms with E-state index < -0.39 is 0 Å². The Balaban J connectivity index is 1.82. The Morgan fingerprint density at radius 1 is 1.11 bits per heavy atom. The highest BCUT2D eigenvalue weighted by molar-refractivity contribution is 6.05. The molecule has 3 rings (SSSR count). The van der Waals surface area contributed by atoms with Crippen LogP contribution < -0.4 is 10.6 Å². The summed E-state index contributed by atoms with van der Waals surface area (Å²) in [6, 6.07) is 7.79. The molecule has 1 aliphatic rings. The number of unbranched alkanes of at least 4 members (excludes halogenated alkanes) is 2. The highest BCUT2D eigenvalue weighted by Crippen LogP contribution is 2.23. The van der Waals surface area contributed by atoms with E-state index in [0.29, 0.717) is 18.1 Å². The number of rotatable bonds is 8. The van der Waals surface area contributed by atoms with Gasteiger partial charge in [-0.3, -0.25) is 9.59 Å². The van der Waals surface area contributed by atoms with Crippen molar-refractivity contribution in [3.05, 3.63) is 47.0 Å². The van der Waals surface area contributed by atoms with Gasteiger partial charge in [0.1, 0.15) is 0 Å². The summed E-state index contributed by atoms with van der Waals surface area (Å²) in [6.45, 7) is 5.57. The van der Waals surface area contributed by atoms with Crippen LogP contribution in [0.25, 0.3) is 0 Å². The van der Waals surface area contributed by atoms with Gasteiger partial charge >= 0.3 is 0 Å². The molecular formula is C22H30N4O2. The fourth-order valence-electron chi connectivity index (χ4n) is 3.69. The molecule has 0 aliphatic carbocycles. The number of carbonyl (C=O) groups excluding carboxylic acids is 2. The van der Waals surface area contributed by atoms with E-state index in [1.54, 1.807) is 0 Å². The number of aromatic nitrogens is 2. The van der Waals surface area contributed by atoms with E-state index in [1.807, 2.05) is 28.8 Å². The zero-order valence-electron chi connectivity index (χ0n) is 16.9. The number of hydrogen-bond donors (Lipinski definition) is 2. The van der Waals surface area contributed by atoms with Gasteiger partial charge in [0.25, 0.3) is 11.8 Å². The topological polar surface area (TPSA) is 76.0 Å². The second-order valence-corrected chi connectivity index (χ2v) is 7.27. The van der Waals surface area contributed by atoms with E-state index in [9.17, 15) is 9.59 Å². The quantitative estimate of drug-likeness (QED) is 0.679. The molecule has 0 unspecified atom stereocenters. The largest absolute Gasteiger partial charge is 0.349 e. The smallest absolute Gasteiger partial charge is 0.287 e. The predicted molar refractivity (Wildman–Crippen MR) is 111 cm³/mol. The summed E-state index contributed by atoms with van der Waals surface area (Å²) < 4.78 is 1.93. The van der Waals surface area contributed by atoms with Crippen molar-refractivity contribution in [3.8, 4) is 0 Å². The Hall–Kier alpha value is -2.63. The average molecular weight is 383 g/mol. The van der Waals surface area contributed by atoms with Crippen molar-refractivity contribution in [3.63, 3.8) is 0 Å². The lowest BCUT2D eigenvalue weighted by atomic mass is 10.1. The molecule has 0 spiro atoms. The summed E-state index contributed by atoms with van der Waals surface area (Å²) in [5.74, 6) is -0.0658. The number of imidazole rings is 1. The first-order valence-electron chi connectivity index (χ1n) is 10.4. The minimum Gasteiger partial charge on any atom is -0.349 e. The Kier molecular flexibility index (Phi) is 6.85. The molecule has 0 atom stereocenters. The van der Waals surface area contributed by atoms with Gasteiger partial charge in [-0.1, -0.05) is 44.9 Å². The van der Waals surface area contributed by atoms with Crippen LogP contribution in [-0.4, -0.2) is 27.9 Å². The van der Waals surface area contributed by atoms with Gasteiger partial charge in [-0.2, -0.15) is 0 Å². The minimum atomic E-state index is -0.239. The Labute approximate surface area is 166 Å². The fraction of sp³-hybridized carbons (Fsp3) is 0.500. The van der Waals surface area contributed by atoms with Crippen LogP contribution in [0.4, 0.5) is 5.69 Å². The van der Waals surface area contributed by atoms with E-state index in [1.165, 1.54) is 0 Å². The molecule has 1 aromatic heterocycles. The lowest BCUT2D eigenvalue weighted by Crippen LogP contribution is -2.28. The van der Waals surface area contributed by atoms with Crippen molar-refractivity contribution in [2.24, 2.45) is 0 Å². The number of para-hydroxylation sites is 1. The van der Waals surface area contributed by atoms with Crippen LogP contribution in [0.15, 0.2) is 24.3 Å². The number of anilines is 1. The number of nitrogens with zero attached hydrogens (tertiary/aromatic N) is 2. The molecule has 2 aromatic rings. The first kappa shape index (κ1) is 20.1. The van der Waals surface area contributed by atoms with E-state index in [2.05, 4.69) is 29.5 Å². The molecule has 6 heteroatoms. The molecule has 0 fully saturated rings. The van der Waals surface area contributed by atoms with Gasteiger partial charge in [-0.05, 0) is 43.7 Å². The number of benzene rings is 1. The van der Waals surface area contributed by atoms with E-state index >= 15 is 0 Å². The molecule has 0 saturated heterocycles. The molecule has 2 heterocycles. The van der Waals surface area contributed by atoms with Gasteiger partial charge < -0.3 is 15.2 Å². The second-order valence-electron chi connectivity index (χ2n) is 7.27. The summed E-state index contributed by atoms with van der Waals surface area (Å²) in [5, 5.41) is 5.94. The van der Waals surface area contributed by atoms with Gasteiger partial charge in [0.05, 0.1) is 5.69 Å². The van der Waals surface area contributed by atoms with Gasteiger partial charge in [-0.15, -0.1) is 0 Å². The summed E-state index contributed by atoms with van der Waals surface area (Å²) in [4.78, 5) is 30.1. The van der Waals surface area contributed by atoms with Crippen LogP contribution in [0, 0.1) is 0 Å². The maximum Gasteiger partial charge on any atom is 0.287 e. The summed E-state index contributed by atoms with van der Waals surface area (Å²) in [7, 11) is 0. The third-order valence-corrected chi connectivity index (χ3v) is 5.25. The Bertz CT molecular complexity index is 841. The third kappa shape index (κ3) is 4.43. The van der Waals surface area contributed by atoms with Crippen LogP contribution in [-0.2, 0) is 19.4 Å². The van der Waals surface area contributed by atoms with Crippen molar-refractivity contribution in [1.29, 1.82) is 0 Å². The summed E-state index contributed by atoms with van der Waals surface area (Å²) in [6.07, 6.45) is 6.77. The van der Waals surface area contributed by atoms with Crippen LogP contribution in [0.5, 0.6) is 0 Å². The maximum absolute atomic E-state index is 13.0. The fourth-order valence-corrected chi connectivity index (χ4v) is 3.69. The monoisotopic (exact) mass is 382 g/mol. The molecule has 150 valence electrons. The number of carbonyl (C=O) groups is 2. The zero-order valence-corrected chi connectivity index (χ0v) is 16.9. The number of nitrogens with one attached hydrogen (secondary N) is 2. The highest BCUT2D eigenvalue weighted by Gasteiger charge is 2.27. The normalized spacial score (nSPS) is 13.1. The van der Waals surface area contributed by atoms with Gasteiger partial charge in [0.2, 0.25) is 0 Å². The van der Waals surface area contributed by atoms with Crippen LogP contribution >= 0.6 is 0 Å². The predicted octanol–water partition coefficient (Wildman–Crippen LogP) is 3.95. The molecule has 1 aliphatic heterocycles. The molecule has 0 radical (unpaired) electrons. The Morgan fingerprint density at radius 2 is 1.93 bits per heavy atom. The van der Waals surface area contributed by atoms with Crippen LogP contribution in [0.3, 0.4) is 0 Å². The van der Waals surface area contributed by atoms with Gasteiger partial charge in [0.15, 0.2) is 11.5 Å². The first-order valence-corrected chi connectivity index (χ1v) is 10.4. The van der Waals surface area contributed by atoms with Crippen molar-refractivity contribution in [1.82, 2.24) is 14.9 Å². The third-order valence-electron chi connectivity index (χ3n) is 5.25. The molecule has 28 heavy (non-hydrogen) atoms. The zero-order chi connectivity index (χ0) is 19.9. The lowest BCUT2D eigenvalue weighted by Gasteiger charge is -2.17. The van der Waals surface area contributed by atoms with Crippen LogP contribution in [0.2, 0.25) is 0 Å². The number of aryl methyl sites for hydroxylation is 1. The SMILES string of the molecule is CCCCCNC(=O)c1nc(C(=O)Nc2ccccc2CC)c2n1CCCC2. The molecule has 0 saturated carbocycles. The average Bonchev–Trinajstić information content (AvgIpc) is 3.11. The lowest BCUT2D eigenvalue weighted by molar-refractivity contribution is 0.0937. The van der Waals surface area contributed by atoms with Gasteiger partial charge in [-0.25, -0.2) is 4.98 Å².